The molecule has 1 aliphatic heterocycles. The number of allylic oxidation sites excluding steroid dienone is 3. The van der Waals surface area contributed by atoms with Crippen LogP contribution in [0.5, 0.6) is 0 Å². The van der Waals surface area contributed by atoms with E-state index in [-0.39, 0.29) is 11.6 Å². The number of primary amides is 1. The van der Waals surface area contributed by atoms with Crippen molar-refractivity contribution in [2.45, 2.75) is 53.4 Å². The van der Waals surface area contributed by atoms with Crippen molar-refractivity contribution in [3.63, 3.8) is 0 Å². The van der Waals surface area contributed by atoms with Gasteiger partial charge >= 0.3 is 6.03 Å². The number of halogens is 1. The van der Waals surface area contributed by atoms with Crippen molar-refractivity contribution >= 4 is 23.5 Å². The number of rotatable bonds is 5. The molecular formula is C24H40ClN5O2. The largest absolute Gasteiger partial charge is 0.366 e. The molecule has 0 spiro atoms. The second-order valence-corrected chi connectivity index (χ2v) is 8.63. The number of amides is 2. The van der Waals surface area contributed by atoms with Gasteiger partial charge in [0.2, 0.25) is 0 Å². The lowest BCUT2D eigenvalue weighted by atomic mass is 10.0. The summed E-state index contributed by atoms with van der Waals surface area (Å²) in [5, 5.41) is 4.78. The summed E-state index contributed by atoms with van der Waals surface area (Å²) in [6.45, 7) is 10.7. The van der Waals surface area contributed by atoms with Gasteiger partial charge in [-0.2, -0.15) is 9.78 Å². The molecule has 3 rings (SSSR count). The molecule has 2 N–H and O–H groups in total. The number of carbonyl (C=O) groups is 2. The number of hydrogen-bond acceptors (Lipinski definition) is 4. The average molecular weight is 466 g/mol. The molecular weight excluding hydrogens is 426 g/mol. The van der Waals surface area contributed by atoms with E-state index in [4.69, 9.17) is 17.3 Å². The Hall–Kier alpha value is -2.12. The molecule has 2 amide bonds. The average Bonchev–Trinajstić information content (AvgIpc) is 3.49. The summed E-state index contributed by atoms with van der Waals surface area (Å²) in [5.74, 6) is 0.743. The van der Waals surface area contributed by atoms with E-state index in [0.29, 0.717) is 11.8 Å². The van der Waals surface area contributed by atoms with Crippen LogP contribution in [0.4, 0.5) is 4.79 Å². The molecule has 2 atom stereocenters. The Bertz CT molecular complexity index is 788. The summed E-state index contributed by atoms with van der Waals surface area (Å²) in [7, 11) is 4.10. The van der Waals surface area contributed by atoms with E-state index >= 15 is 0 Å². The van der Waals surface area contributed by atoms with Crippen LogP contribution in [-0.2, 0) is 0 Å². The maximum atomic E-state index is 12.2. The number of carbonyl (C=O) groups excluding carboxylic acids is 2. The molecule has 2 aliphatic rings. The van der Waals surface area contributed by atoms with E-state index in [1.54, 1.807) is 0 Å². The highest BCUT2D eigenvalue weighted by molar-refractivity contribution is 6.31. The normalized spacial score (nSPS) is 20.3. The number of nitrogens with zero attached hydrogens (tertiary/aromatic N) is 4. The van der Waals surface area contributed by atoms with Crippen molar-refractivity contribution in [2.24, 2.45) is 17.6 Å². The Kier molecular flexibility index (Phi) is 12.3. The molecule has 1 saturated carbocycles. The van der Waals surface area contributed by atoms with Crippen LogP contribution in [-0.4, -0.2) is 65.2 Å². The van der Waals surface area contributed by atoms with E-state index in [1.807, 2.05) is 37.8 Å². The van der Waals surface area contributed by atoms with Crippen LogP contribution in [0.2, 0.25) is 0 Å². The zero-order valence-corrected chi connectivity index (χ0v) is 21.2. The standard InChI is InChI=1S/C12H16N4O2.C10H18ClN.C2H6/c13-11(17)10-4-14-16(7-10)12(18)15-5-8-2-1-3-9(8)6-15;1-5-7-10(11)9(6-2)8-12(3)4;1-2/h4,7-9H,1-3,5-6H2,(H2,13,17);5,7H,6,8H2,1-4H3;1-2H3/b;7-5-,10-9-;. The highest BCUT2D eigenvalue weighted by Gasteiger charge is 2.38. The molecule has 1 saturated heterocycles. The monoisotopic (exact) mass is 465 g/mol. The lowest BCUT2D eigenvalue weighted by molar-refractivity contribution is 0.100. The van der Waals surface area contributed by atoms with Gasteiger partial charge in [-0.1, -0.05) is 44.9 Å². The predicted molar refractivity (Wildman–Crippen MR) is 132 cm³/mol. The number of likely N-dealkylation sites (N-methyl/N-ethyl adjacent to an activating group) is 1. The molecule has 180 valence electrons. The Balaban J connectivity index is 0.000000322. The summed E-state index contributed by atoms with van der Waals surface area (Å²) in [6.07, 6.45) is 11.4. The van der Waals surface area contributed by atoms with Crippen molar-refractivity contribution in [2.75, 3.05) is 33.7 Å². The van der Waals surface area contributed by atoms with Gasteiger partial charge in [-0.3, -0.25) is 4.79 Å². The van der Waals surface area contributed by atoms with E-state index < -0.39 is 5.91 Å². The number of nitrogens with two attached hydrogens (primary N) is 1. The first kappa shape index (κ1) is 27.9. The summed E-state index contributed by atoms with van der Waals surface area (Å²) in [6, 6.07) is -0.156. The molecule has 1 aliphatic carbocycles. The SMILES string of the molecule is C/C=C\C(Cl)=C(/CC)CN(C)C.CC.NC(=O)c1cnn(C(=O)N2CC3CCCC3C2)c1. The Morgan fingerprint density at radius 3 is 2.28 bits per heavy atom. The second kappa shape index (κ2) is 14.1. The highest BCUT2D eigenvalue weighted by atomic mass is 35.5. The maximum Gasteiger partial charge on any atom is 0.344 e. The lowest BCUT2D eigenvalue weighted by Gasteiger charge is -2.16. The third-order valence-corrected chi connectivity index (χ3v) is 6.04. The predicted octanol–water partition coefficient (Wildman–Crippen LogP) is 4.74. The molecule has 1 aromatic heterocycles. The van der Waals surface area contributed by atoms with Gasteiger partial charge in [-0.05, 0) is 63.8 Å². The summed E-state index contributed by atoms with van der Waals surface area (Å²) in [5.41, 5.74) is 6.70. The first-order valence-electron chi connectivity index (χ1n) is 11.5. The van der Waals surface area contributed by atoms with E-state index in [2.05, 4.69) is 31.0 Å². The van der Waals surface area contributed by atoms with Crippen LogP contribution in [0.3, 0.4) is 0 Å². The van der Waals surface area contributed by atoms with Crippen LogP contribution >= 0.6 is 11.6 Å². The molecule has 2 fully saturated rings. The fourth-order valence-corrected chi connectivity index (χ4v) is 4.41. The molecule has 7 nitrogen and oxygen atoms in total. The second-order valence-electron chi connectivity index (χ2n) is 8.22. The quantitative estimate of drug-likeness (QED) is 0.636. The van der Waals surface area contributed by atoms with Crippen molar-refractivity contribution in [1.29, 1.82) is 0 Å². The van der Waals surface area contributed by atoms with E-state index in [0.717, 1.165) is 31.1 Å². The third-order valence-electron chi connectivity index (χ3n) is 5.64. The van der Waals surface area contributed by atoms with Crippen molar-refractivity contribution in [3.05, 3.63) is 40.7 Å². The van der Waals surface area contributed by atoms with Gasteiger partial charge in [0.05, 0.1) is 11.8 Å². The molecule has 0 bridgehead atoms. The Morgan fingerprint density at radius 1 is 1.25 bits per heavy atom. The number of likely N-dealkylation sites (tertiary alicyclic amines) is 1. The molecule has 0 aromatic carbocycles. The minimum atomic E-state index is -0.563. The number of fused-ring (bicyclic) bond motifs is 1. The molecule has 32 heavy (non-hydrogen) atoms. The van der Waals surface area contributed by atoms with Gasteiger partial charge < -0.3 is 15.5 Å². The fourth-order valence-electron chi connectivity index (χ4n) is 4.09. The van der Waals surface area contributed by atoms with E-state index in [1.165, 1.54) is 41.9 Å². The minimum absolute atomic E-state index is 0.156. The molecule has 1 aromatic rings. The van der Waals surface area contributed by atoms with Gasteiger partial charge in [0.15, 0.2) is 0 Å². The van der Waals surface area contributed by atoms with Crippen molar-refractivity contribution in [1.82, 2.24) is 19.6 Å². The fraction of sp³-hybridized carbons (Fsp3) is 0.625. The zero-order chi connectivity index (χ0) is 24.3. The van der Waals surface area contributed by atoms with E-state index in [9.17, 15) is 9.59 Å². The summed E-state index contributed by atoms with van der Waals surface area (Å²) < 4.78 is 1.21. The van der Waals surface area contributed by atoms with Gasteiger partial charge in [0.1, 0.15) is 0 Å². The molecule has 2 heterocycles. The first-order valence-corrected chi connectivity index (χ1v) is 11.9. The Labute approximate surface area is 198 Å². The van der Waals surface area contributed by atoms with Gasteiger partial charge in [0, 0.05) is 30.9 Å². The van der Waals surface area contributed by atoms with Crippen molar-refractivity contribution in [3.8, 4) is 0 Å². The van der Waals surface area contributed by atoms with Gasteiger partial charge in [0.25, 0.3) is 5.91 Å². The van der Waals surface area contributed by atoms with Crippen LogP contribution in [0.15, 0.2) is 35.2 Å². The summed E-state index contributed by atoms with van der Waals surface area (Å²) in [4.78, 5) is 27.1. The van der Waals surface area contributed by atoms with Crippen LogP contribution in [0.25, 0.3) is 0 Å². The van der Waals surface area contributed by atoms with Crippen molar-refractivity contribution < 1.29 is 9.59 Å². The van der Waals surface area contributed by atoms with Gasteiger partial charge in [-0.15, -0.1) is 0 Å². The minimum Gasteiger partial charge on any atom is -0.366 e. The first-order chi connectivity index (χ1) is 15.3. The third kappa shape index (κ3) is 8.10. The summed E-state index contributed by atoms with van der Waals surface area (Å²) >= 11 is 6.06. The van der Waals surface area contributed by atoms with Crippen LogP contribution in [0, 0.1) is 11.8 Å². The topological polar surface area (TPSA) is 84.5 Å². The van der Waals surface area contributed by atoms with Crippen LogP contribution in [0.1, 0.15) is 63.7 Å². The highest BCUT2D eigenvalue weighted by Crippen LogP contribution is 2.37. The smallest absolute Gasteiger partial charge is 0.344 e. The zero-order valence-electron chi connectivity index (χ0n) is 20.5. The van der Waals surface area contributed by atoms with Gasteiger partial charge in [-0.25, -0.2) is 4.79 Å². The maximum absolute atomic E-state index is 12.2. The number of aromatic nitrogens is 2. The molecule has 0 radical (unpaired) electrons. The Morgan fingerprint density at radius 2 is 1.84 bits per heavy atom. The number of hydrogen-bond donors (Lipinski definition) is 1. The van der Waals surface area contributed by atoms with Crippen LogP contribution < -0.4 is 5.73 Å². The molecule has 2 unspecified atom stereocenters. The lowest BCUT2D eigenvalue weighted by Crippen LogP contribution is -2.33. The molecule has 8 heteroatoms.